The standard InChI is InChI=1S/C18H18N4OS/c1-4-11-6-7-12(10(3)8-11)15-13-9-14(16(23)20-5-2)24-17(13)22-18(19)21-15/h4,6-9H,1,5H2,2-3H3,(H,20,23)(H2,19,21,22). The molecule has 0 radical (unpaired) electrons. The number of hydrogen-bond donors (Lipinski definition) is 2. The third-order valence-electron chi connectivity index (χ3n) is 3.71. The first-order valence-corrected chi connectivity index (χ1v) is 8.43. The van der Waals surface area contributed by atoms with Gasteiger partial charge in [-0.25, -0.2) is 9.97 Å². The molecule has 0 aliphatic heterocycles. The predicted molar refractivity (Wildman–Crippen MR) is 100 cm³/mol. The molecule has 0 spiro atoms. The Morgan fingerprint density at radius 2 is 2.17 bits per heavy atom. The average molecular weight is 338 g/mol. The molecule has 24 heavy (non-hydrogen) atoms. The number of carbonyl (C=O) groups is 1. The molecule has 0 unspecified atom stereocenters. The molecule has 0 aliphatic carbocycles. The number of nitrogens with zero attached hydrogens (tertiary/aromatic N) is 2. The molecule has 0 fully saturated rings. The third kappa shape index (κ3) is 2.88. The fourth-order valence-corrected chi connectivity index (χ4v) is 3.54. The number of benzene rings is 1. The van der Waals surface area contributed by atoms with Crippen LogP contribution in [0.5, 0.6) is 0 Å². The maximum Gasteiger partial charge on any atom is 0.261 e. The molecule has 2 heterocycles. The fraction of sp³-hybridized carbons (Fsp3) is 0.167. The lowest BCUT2D eigenvalue weighted by Crippen LogP contribution is -2.21. The number of carbonyl (C=O) groups excluding carboxylic acids is 1. The van der Waals surface area contributed by atoms with Crippen molar-refractivity contribution in [2.45, 2.75) is 13.8 Å². The summed E-state index contributed by atoms with van der Waals surface area (Å²) >= 11 is 1.32. The number of nitrogens with one attached hydrogen (secondary N) is 1. The Morgan fingerprint density at radius 1 is 1.38 bits per heavy atom. The van der Waals surface area contributed by atoms with Crippen LogP contribution in [0.2, 0.25) is 0 Å². The van der Waals surface area contributed by atoms with Crippen LogP contribution < -0.4 is 11.1 Å². The van der Waals surface area contributed by atoms with Crippen molar-refractivity contribution in [3.05, 3.63) is 46.8 Å². The van der Waals surface area contributed by atoms with Gasteiger partial charge in [-0.15, -0.1) is 11.3 Å². The van der Waals surface area contributed by atoms with Gasteiger partial charge in [-0.3, -0.25) is 4.79 Å². The Labute approximate surface area is 144 Å². The number of anilines is 1. The third-order valence-corrected chi connectivity index (χ3v) is 4.74. The fourth-order valence-electron chi connectivity index (χ4n) is 2.58. The zero-order chi connectivity index (χ0) is 17.3. The minimum absolute atomic E-state index is 0.108. The zero-order valence-electron chi connectivity index (χ0n) is 13.6. The lowest BCUT2D eigenvalue weighted by atomic mass is 10.0. The molecule has 122 valence electrons. The van der Waals surface area contributed by atoms with Crippen molar-refractivity contribution in [1.29, 1.82) is 0 Å². The summed E-state index contributed by atoms with van der Waals surface area (Å²) in [5.41, 5.74) is 9.71. The van der Waals surface area contributed by atoms with Crippen LogP contribution in [0.3, 0.4) is 0 Å². The van der Waals surface area contributed by atoms with Gasteiger partial charge in [0.05, 0.1) is 10.6 Å². The van der Waals surface area contributed by atoms with Crippen LogP contribution in [0.1, 0.15) is 27.7 Å². The molecular weight excluding hydrogens is 320 g/mol. The minimum atomic E-state index is -0.108. The molecule has 0 saturated carbocycles. The molecule has 5 nitrogen and oxygen atoms in total. The van der Waals surface area contributed by atoms with Crippen LogP contribution in [-0.2, 0) is 0 Å². The largest absolute Gasteiger partial charge is 0.368 e. The number of thiophene rings is 1. The number of hydrogen-bond acceptors (Lipinski definition) is 5. The van der Waals surface area contributed by atoms with Crippen molar-refractivity contribution >= 4 is 39.5 Å². The van der Waals surface area contributed by atoms with Crippen molar-refractivity contribution in [3.63, 3.8) is 0 Å². The molecule has 0 aliphatic rings. The van der Waals surface area contributed by atoms with Gasteiger partial charge in [-0.2, -0.15) is 0 Å². The van der Waals surface area contributed by atoms with Gasteiger partial charge in [0, 0.05) is 17.5 Å². The lowest BCUT2D eigenvalue weighted by molar-refractivity contribution is 0.0960. The van der Waals surface area contributed by atoms with Gasteiger partial charge in [0.25, 0.3) is 5.91 Å². The van der Waals surface area contributed by atoms with Crippen LogP contribution in [0.4, 0.5) is 5.95 Å². The maximum atomic E-state index is 12.1. The lowest BCUT2D eigenvalue weighted by Gasteiger charge is -2.08. The molecule has 3 aromatic rings. The molecule has 6 heteroatoms. The first kappa shape index (κ1) is 16.1. The second kappa shape index (κ2) is 6.41. The number of nitrogens with two attached hydrogens (primary N) is 1. The summed E-state index contributed by atoms with van der Waals surface area (Å²) < 4.78 is 0. The van der Waals surface area contributed by atoms with E-state index in [1.54, 1.807) is 6.08 Å². The topological polar surface area (TPSA) is 80.9 Å². The highest BCUT2D eigenvalue weighted by atomic mass is 32.1. The first-order valence-electron chi connectivity index (χ1n) is 7.62. The van der Waals surface area contributed by atoms with Gasteiger partial charge in [0.1, 0.15) is 4.83 Å². The Kier molecular flexibility index (Phi) is 4.31. The maximum absolute atomic E-state index is 12.1. The van der Waals surface area contributed by atoms with Crippen molar-refractivity contribution in [1.82, 2.24) is 15.3 Å². The van der Waals surface area contributed by atoms with E-state index in [1.165, 1.54) is 11.3 Å². The molecule has 1 aromatic carbocycles. The quantitative estimate of drug-likeness (QED) is 0.761. The molecular formula is C18H18N4OS. The molecule has 0 saturated heterocycles. The molecule has 2 aromatic heterocycles. The second-order valence-electron chi connectivity index (χ2n) is 5.40. The highest BCUT2D eigenvalue weighted by molar-refractivity contribution is 7.20. The van der Waals surface area contributed by atoms with Gasteiger partial charge in [0.2, 0.25) is 5.95 Å². The van der Waals surface area contributed by atoms with Crippen molar-refractivity contribution in [2.75, 3.05) is 12.3 Å². The number of aryl methyl sites for hydroxylation is 1. The van der Waals surface area contributed by atoms with E-state index in [1.807, 2.05) is 38.1 Å². The van der Waals surface area contributed by atoms with E-state index in [4.69, 9.17) is 5.73 Å². The highest BCUT2D eigenvalue weighted by Crippen LogP contribution is 2.34. The van der Waals surface area contributed by atoms with E-state index in [0.29, 0.717) is 16.3 Å². The van der Waals surface area contributed by atoms with Crippen LogP contribution in [0, 0.1) is 6.92 Å². The van der Waals surface area contributed by atoms with E-state index < -0.39 is 0 Å². The number of aromatic nitrogens is 2. The summed E-state index contributed by atoms with van der Waals surface area (Å²) in [4.78, 5) is 22.1. The molecule has 1 amide bonds. The number of nitrogen functional groups attached to an aromatic ring is 1. The molecule has 0 atom stereocenters. The van der Waals surface area contributed by atoms with E-state index in [-0.39, 0.29) is 11.9 Å². The smallest absolute Gasteiger partial charge is 0.261 e. The van der Waals surface area contributed by atoms with E-state index >= 15 is 0 Å². The van der Waals surface area contributed by atoms with Crippen LogP contribution in [-0.4, -0.2) is 22.4 Å². The zero-order valence-corrected chi connectivity index (χ0v) is 14.4. The minimum Gasteiger partial charge on any atom is -0.368 e. The normalized spacial score (nSPS) is 10.8. The summed E-state index contributed by atoms with van der Waals surface area (Å²) in [5, 5.41) is 3.64. The first-order chi connectivity index (χ1) is 11.5. The van der Waals surface area contributed by atoms with Gasteiger partial charge in [0.15, 0.2) is 0 Å². The SMILES string of the molecule is C=Cc1ccc(-c2nc(N)nc3sc(C(=O)NCC)cc23)c(C)c1. The monoisotopic (exact) mass is 338 g/mol. The van der Waals surface area contributed by atoms with Gasteiger partial charge in [-0.1, -0.05) is 30.9 Å². The second-order valence-corrected chi connectivity index (χ2v) is 6.43. The Morgan fingerprint density at radius 3 is 2.83 bits per heavy atom. The van der Waals surface area contributed by atoms with E-state index in [0.717, 1.165) is 27.8 Å². The summed E-state index contributed by atoms with van der Waals surface area (Å²) in [6.45, 7) is 8.27. The van der Waals surface area contributed by atoms with Gasteiger partial charge < -0.3 is 11.1 Å². The van der Waals surface area contributed by atoms with Gasteiger partial charge in [-0.05, 0) is 31.0 Å². The molecule has 3 rings (SSSR count). The Bertz CT molecular complexity index is 946. The molecule has 3 N–H and O–H groups in total. The number of amides is 1. The van der Waals surface area contributed by atoms with Crippen LogP contribution in [0.15, 0.2) is 30.8 Å². The summed E-state index contributed by atoms with van der Waals surface area (Å²) in [7, 11) is 0. The number of rotatable bonds is 4. The van der Waals surface area contributed by atoms with Gasteiger partial charge >= 0.3 is 0 Å². The number of fused-ring (bicyclic) bond motifs is 1. The average Bonchev–Trinajstić information content (AvgIpc) is 2.98. The Hall–Kier alpha value is -2.73. The Balaban J connectivity index is 2.20. The van der Waals surface area contributed by atoms with Crippen LogP contribution in [0.25, 0.3) is 27.6 Å². The van der Waals surface area contributed by atoms with Crippen LogP contribution >= 0.6 is 11.3 Å². The summed E-state index contributed by atoms with van der Waals surface area (Å²) in [5.74, 6) is 0.0951. The van der Waals surface area contributed by atoms with Crippen molar-refractivity contribution < 1.29 is 4.79 Å². The highest BCUT2D eigenvalue weighted by Gasteiger charge is 2.17. The van der Waals surface area contributed by atoms with E-state index in [2.05, 4.69) is 21.9 Å². The van der Waals surface area contributed by atoms with Crippen molar-refractivity contribution in [3.8, 4) is 11.3 Å². The molecule has 0 bridgehead atoms. The predicted octanol–water partition coefficient (Wildman–Crippen LogP) is 3.64. The van der Waals surface area contributed by atoms with Crippen molar-refractivity contribution in [2.24, 2.45) is 0 Å². The summed E-state index contributed by atoms with van der Waals surface area (Å²) in [6, 6.07) is 7.86. The summed E-state index contributed by atoms with van der Waals surface area (Å²) in [6.07, 6.45) is 1.80. The van der Waals surface area contributed by atoms with E-state index in [9.17, 15) is 4.79 Å².